The summed E-state index contributed by atoms with van der Waals surface area (Å²) in [6, 6.07) is 0.0832. The van der Waals surface area contributed by atoms with Crippen molar-refractivity contribution in [3.63, 3.8) is 0 Å². The fraction of sp³-hybridized carbons (Fsp3) is 0.818. The second-order valence-corrected chi connectivity index (χ2v) is 3.45. The van der Waals surface area contributed by atoms with Crippen molar-refractivity contribution in [1.82, 2.24) is 5.43 Å². The van der Waals surface area contributed by atoms with E-state index in [4.69, 9.17) is 10.6 Å². The number of nitrogens with two attached hydrogens (primary N) is 1. The summed E-state index contributed by atoms with van der Waals surface area (Å²) in [5, 5.41) is 0. The SMILES string of the molecule is CC#CCC(NN)C(C)(CC)OCC. The lowest BCUT2D eigenvalue weighted by atomic mass is 9.91. The number of hydrogen-bond acceptors (Lipinski definition) is 3. The molecule has 3 N–H and O–H groups in total. The van der Waals surface area contributed by atoms with Crippen LogP contribution in [-0.2, 0) is 4.74 Å². The molecule has 0 fully saturated rings. The van der Waals surface area contributed by atoms with Crippen molar-refractivity contribution in [2.24, 2.45) is 5.84 Å². The molecule has 0 heterocycles. The average molecular weight is 198 g/mol. The van der Waals surface area contributed by atoms with Gasteiger partial charge >= 0.3 is 0 Å². The standard InChI is InChI=1S/C11H22N2O/c1-5-8-9-10(13-12)11(4,6-2)14-7-3/h10,13H,6-7,9,12H2,1-4H3. The molecule has 14 heavy (non-hydrogen) atoms. The Morgan fingerprint density at radius 1 is 1.50 bits per heavy atom. The highest BCUT2D eigenvalue weighted by molar-refractivity contribution is 5.02. The Morgan fingerprint density at radius 3 is 2.50 bits per heavy atom. The van der Waals surface area contributed by atoms with Crippen LogP contribution in [0.3, 0.4) is 0 Å². The van der Waals surface area contributed by atoms with E-state index in [1.54, 1.807) is 0 Å². The number of hydrazine groups is 1. The van der Waals surface area contributed by atoms with E-state index in [9.17, 15) is 0 Å². The van der Waals surface area contributed by atoms with Crippen LogP contribution in [0.4, 0.5) is 0 Å². The molecule has 0 aliphatic heterocycles. The Labute approximate surface area is 87.4 Å². The zero-order chi connectivity index (χ0) is 11.0. The maximum atomic E-state index is 5.72. The third-order valence-electron chi connectivity index (χ3n) is 2.60. The molecule has 0 bridgehead atoms. The summed E-state index contributed by atoms with van der Waals surface area (Å²) in [7, 11) is 0. The van der Waals surface area contributed by atoms with Crippen LogP contribution in [0, 0.1) is 11.8 Å². The molecule has 0 aromatic rings. The Balaban J connectivity index is 4.46. The van der Waals surface area contributed by atoms with Gasteiger partial charge in [-0.15, -0.1) is 11.8 Å². The highest BCUT2D eigenvalue weighted by Gasteiger charge is 2.31. The quantitative estimate of drug-likeness (QED) is 0.386. The first-order chi connectivity index (χ1) is 6.64. The van der Waals surface area contributed by atoms with Gasteiger partial charge in [0.2, 0.25) is 0 Å². The lowest BCUT2D eigenvalue weighted by Gasteiger charge is -2.35. The second kappa shape index (κ2) is 6.83. The molecule has 0 aliphatic rings. The van der Waals surface area contributed by atoms with Crippen molar-refractivity contribution >= 4 is 0 Å². The molecule has 3 heteroatoms. The van der Waals surface area contributed by atoms with Crippen molar-refractivity contribution in [2.45, 2.75) is 52.2 Å². The average Bonchev–Trinajstić information content (AvgIpc) is 2.19. The van der Waals surface area contributed by atoms with E-state index in [0.717, 1.165) is 12.8 Å². The molecule has 0 saturated heterocycles. The number of ether oxygens (including phenoxy) is 1. The lowest BCUT2D eigenvalue weighted by Crippen LogP contribution is -2.52. The number of hydrogen-bond donors (Lipinski definition) is 2. The van der Waals surface area contributed by atoms with Crippen molar-refractivity contribution in [3.05, 3.63) is 0 Å². The summed E-state index contributed by atoms with van der Waals surface area (Å²) in [4.78, 5) is 0. The minimum atomic E-state index is -0.229. The van der Waals surface area contributed by atoms with Crippen LogP contribution in [0.25, 0.3) is 0 Å². The molecule has 82 valence electrons. The fourth-order valence-electron chi connectivity index (χ4n) is 1.43. The molecule has 0 aliphatic carbocycles. The smallest absolute Gasteiger partial charge is 0.0826 e. The fourth-order valence-corrected chi connectivity index (χ4v) is 1.43. The molecular formula is C11H22N2O. The molecule has 2 unspecified atom stereocenters. The van der Waals surface area contributed by atoms with Gasteiger partial charge in [-0.3, -0.25) is 11.3 Å². The van der Waals surface area contributed by atoms with E-state index in [0.29, 0.717) is 6.61 Å². The molecule has 0 aromatic carbocycles. The number of rotatable bonds is 6. The van der Waals surface area contributed by atoms with Crippen LogP contribution in [0.5, 0.6) is 0 Å². The van der Waals surface area contributed by atoms with Crippen molar-refractivity contribution < 1.29 is 4.74 Å². The lowest BCUT2D eigenvalue weighted by molar-refractivity contribution is -0.0540. The molecule has 0 amide bonds. The van der Waals surface area contributed by atoms with E-state index in [-0.39, 0.29) is 11.6 Å². The molecule has 0 radical (unpaired) electrons. The van der Waals surface area contributed by atoms with E-state index in [2.05, 4.69) is 31.1 Å². The van der Waals surface area contributed by atoms with Crippen LogP contribution in [0.1, 0.15) is 40.5 Å². The van der Waals surface area contributed by atoms with Gasteiger partial charge in [0.05, 0.1) is 11.6 Å². The van der Waals surface area contributed by atoms with Gasteiger partial charge in [0, 0.05) is 13.0 Å². The second-order valence-electron chi connectivity index (χ2n) is 3.45. The summed E-state index contributed by atoms with van der Waals surface area (Å²) < 4.78 is 5.72. The van der Waals surface area contributed by atoms with Gasteiger partial charge in [0.25, 0.3) is 0 Å². The molecule has 0 rings (SSSR count). The Bertz CT molecular complexity index is 207. The topological polar surface area (TPSA) is 47.3 Å². The Morgan fingerprint density at radius 2 is 2.14 bits per heavy atom. The summed E-state index contributed by atoms with van der Waals surface area (Å²) >= 11 is 0. The minimum Gasteiger partial charge on any atom is -0.374 e. The summed E-state index contributed by atoms with van der Waals surface area (Å²) in [5.74, 6) is 11.4. The first-order valence-corrected chi connectivity index (χ1v) is 5.14. The Kier molecular flexibility index (Phi) is 6.56. The molecule has 0 aromatic heterocycles. The number of nitrogens with one attached hydrogen (secondary N) is 1. The van der Waals surface area contributed by atoms with E-state index in [1.165, 1.54) is 0 Å². The molecule has 3 nitrogen and oxygen atoms in total. The maximum Gasteiger partial charge on any atom is 0.0826 e. The zero-order valence-corrected chi connectivity index (χ0v) is 9.68. The van der Waals surface area contributed by atoms with Crippen LogP contribution >= 0.6 is 0 Å². The van der Waals surface area contributed by atoms with Gasteiger partial charge in [0.1, 0.15) is 0 Å². The molecule has 0 saturated carbocycles. The summed E-state index contributed by atoms with van der Waals surface area (Å²) in [5.41, 5.74) is 2.56. The van der Waals surface area contributed by atoms with Gasteiger partial charge < -0.3 is 4.74 Å². The van der Waals surface area contributed by atoms with Gasteiger partial charge in [-0.1, -0.05) is 6.92 Å². The third kappa shape index (κ3) is 3.67. The van der Waals surface area contributed by atoms with Gasteiger partial charge in [0.15, 0.2) is 0 Å². The van der Waals surface area contributed by atoms with Crippen molar-refractivity contribution in [2.75, 3.05) is 6.61 Å². The predicted molar refractivity (Wildman–Crippen MR) is 59.5 cm³/mol. The van der Waals surface area contributed by atoms with Gasteiger partial charge in [-0.25, -0.2) is 0 Å². The van der Waals surface area contributed by atoms with Gasteiger partial charge in [-0.05, 0) is 27.2 Å². The van der Waals surface area contributed by atoms with Crippen molar-refractivity contribution in [3.8, 4) is 11.8 Å². The maximum absolute atomic E-state index is 5.72. The van der Waals surface area contributed by atoms with Crippen molar-refractivity contribution in [1.29, 1.82) is 0 Å². The van der Waals surface area contributed by atoms with E-state index < -0.39 is 0 Å². The largest absolute Gasteiger partial charge is 0.374 e. The first kappa shape index (κ1) is 13.4. The van der Waals surface area contributed by atoms with E-state index >= 15 is 0 Å². The highest BCUT2D eigenvalue weighted by atomic mass is 16.5. The van der Waals surface area contributed by atoms with Crippen LogP contribution in [0.15, 0.2) is 0 Å². The molecule has 2 atom stereocenters. The predicted octanol–water partition coefficient (Wildman–Crippen LogP) is 1.44. The Hall–Kier alpha value is -0.560. The summed E-state index contributed by atoms with van der Waals surface area (Å²) in [6.45, 7) is 8.68. The zero-order valence-electron chi connectivity index (χ0n) is 9.68. The first-order valence-electron chi connectivity index (χ1n) is 5.14. The molecule has 0 spiro atoms. The minimum absolute atomic E-state index is 0.0832. The van der Waals surface area contributed by atoms with Crippen LogP contribution in [0.2, 0.25) is 0 Å². The highest BCUT2D eigenvalue weighted by Crippen LogP contribution is 2.21. The van der Waals surface area contributed by atoms with E-state index in [1.807, 2.05) is 13.8 Å². The third-order valence-corrected chi connectivity index (χ3v) is 2.60. The van der Waals surface area contributed by atoms with Crippen LogP contribution < -0.4 is 11.3 Å². The molecular weight excluding hydrogens is 176 g/mol. The summed E-state index contributed by atoms with van der Waals surface area (Å²) in [6.07, 6.45) is 1.64. The normalized spacial score (nSPS) is 16.6. The van der Waals surface area contributed by atoms with Crippen LogP contribution in [-0.4, -0.2) is 18.2 Å². The van der Waals surface area contributed by atoms with Gasteiger partial charge in [-0.2, -0.15) is 0 Å². The monoisotopic (exact) mass is 198 g/mol.